The number of hydrogen-bond acceptors (Lipinski definition) is 3. The average Bonchev–Trinajstić information content (AvgIpc) is 3.00. The average molecular weight is 530 g/mol. The maximum atomic E-state index is 13.5. The van der Waals surface area contributed by atoms with Crippen molar-refractivity contribution in [2.45, 2.75) is 32.2 Å². The molecule has 4 nitrogen and oxygen atoms in total. The van der Waals surface area contributed by atoms with Crippen molar-refractivity contribution in [1.29, 1.82) is 0 Å². The summed E-state index contributed by atoms with van der Waals surface area (Å²) in [5.41, 5.74) is 8.46. The quantitative estimate of drug-likeness (QED) is 0.259. The first-order chi connectivity index (χ1) is 19.6. The summed E-state index contributed by atoms with van der Waals surface area (Å²) in [6, 6.07) is 36.9. The van der Waals surface area contributed by atoms with Crippen molar-refractivity contribution in [3.8, 4) is 0 Å². The first-order valence-electron chi connectivity index (χ1n) is 14.7. The Hall–Kier alpha value is -3.89. The normalized spacial score (nSPS) is 15.9. The first-order valence-corrected chi connectivity index (χ1v) is 14.7. The molecule has 0 unspecified atom stereocenters. The van der Waals surface area contributed by atoms with Gasteiger partial charge in [0, 0.05) is 56.4 Å². The molecule has 0 atom stereocenters. The molecule has 4 aromatic carbocycles. The van der Waals surface area contributed by atoms with Crippen LogP contribution in [0.1, 0.15) is 50.5 Å². The van der Waals surface area contributed by atoms with Gasteiger partial charge in [-0.3, -0.25) is 9.69 Å². The minimum Gasteiger partial charge on any atom is -0.369 e. The molecule has 0 radical (unpaired) electrons. The van der Waals surface area contributed by atoms with E-state index in [1.807, 2.05) is 4.90 Å². The number of benzene rings is 4. The minimum absolute atomic E-state index is 0.163. The zero-order valence-electron chi connectivity index (χ0n) is 23.5. The van der Waals surface area contributed by atoms with Crippen LogP contribution in [0, 0.1) is 6.92 Å². The number of amides is 1. The van der Waals surface area contributed by atoms with Gasteiger partial charge in [-0.2, -0.15) is 0 Å². The highest BCUT2D eigenvalue weighted by Gasteiger charge is 2.26. The highest BCUT2D eigenvalue weighted by atomic mass is 16.2. The lowest BCUT2D eigenvalue weighted by atomic mass is 9.88. The van der Waals surface area contributed by atoms with E-state index in [4.69, 9.17) is 0 Å². The maximum absolute atomic E-state index is 13.5. The highest BCUT2D eigenvalue weighted by Crippen LogP contribution is 2.29. The highest BCUT2D eigenvalue weighted by molar-refractivity contribution is 5.97. The summed E-state index contributed by atoms with van der Waals surface area (Å²) in [7, 11) is 0. The van der Waals surface area contributed by atoms with Gasteiger partial charge in [-0.15, -0.1) is 0 Å². The molecule has 0 aromatic heterocycles. The number of carbonyl (C=O) groups is 1. The predicted molar refractivity (Wildman–Crippen MR) is 164 cm³/mol. The second kappa shape index (κ2) is 12.1. The van der Waals surface area contributed by atoms with Gasteiger partial charge in [0.05, 0.1) is 0 Å². The lowest BCUT2D eigenvalue weighted by molar-refractivity contribution is 0.0727. The van der Waals surface area contributed by atoms with Crippen molar-refractivity contribution in [2.75, 3.05) is 44.2 Å². The Morgan fingerprint density at radius 1 is 0.725 bits per heavy atom. The van der Waals surface area contributed by atoms with Crippen LogP contribution in [0.25, 0.3) is 0 Å². The van der Waals surface area contributed by atoms with Crippen molar-refractivity contribution in [2.24, 2.45) is 0 Å². The van der Waals surface area contributed by atoms with Gasteiger partial charge in [-0.25, -0.2) is 0 Å². The molecule has 1 saturated heterocycles. The molecule has 2 heterocycles. The topological polar surface area (TPSA) is 26.8 Å². The number of nitrogens with zero attached hydrogens (tertiary/aromatic N) is 3. The second-order valence-corrected chi connectivity index (χ2v) is 11.3. The summed E-state index contributed by atoms with van der Waals surface area (Å²) in [4.78, 5) is 20.5. The molecule has 204 valence electrons. The maximum Gasteiger partial charge on any atom is 0.254 e. The van der Waals surface area contributed by atoms with Crippen LogP contribution in [0.15, 0.2) is 103 Å². The van der Waals surface area contributed by atoms with Gasteiger partial charge >= 0.3 is 0 Å². The van der Waals surface area contributed by atoms with Crippen molar-refractivity contribution in [1.82, 2.24) is 9.80 Å². The van der Waals surface area contributed by atoms with Crippen LogP contribution in [-0.4, -0.2) is 55.0 Å². The summed E-state index contributed by atoms with van der Waals surface area (Å²) in [5.74, 6) is 0.575. The fourth-order valence-electron chi connectivity index (χ4n) is 6.33. The summed E-state index contributed by atoms with van der Waals surface area (Å²) in [5, 5.41) is 0. The summed E-state index contributed by atoms with van der Waals surface area (Å²) >= 11 is 0. The van der Waals surface area contributed by atoms with E-state index in [2.05, 4.69) is 120 Å². The van der Waals surface area contributed by atoms with Crippen LogP contribution in [0.2, 0.25) is 0 Å². The van der Waals surface area contributed by atoms with Crippen LogP contribution >= 0.6 is 0 Å². The van der Waals surface area contributed by atoms with Crippen LogP contribution in [0.3, 0.4) is 0 Å². The van der Waals surface area contributed by atoms with Gasteiger partial charge in [0.2, 0.25) is 0 Å². The van der Waals surface area contributed by atoms with Gasteiger partial charge in [0.25, 0.3) is 5.91 Å². The van der Waals surface area contributed by atoms with Gasteiger partial charge < -0.3 is 9.80 Å². The third-order valence-electron chi connectivity index (χ3n) is 8.59. The lowest BCUT2D eigenvalue weighted by Gasteiger charge is -2.37. The Kier molecular flexibility index (Phi) is 7.97. The second-order valence-electron chi connectivity index (χ2n) is 11.3. The summed E-state index contributed by atoms with van der Waals surface area (Å²) in [6.07, 6.45) is 2.03. The van der Waals surface area contributed by atoms with E-state index >= 15 is 0 Å². The molecular formula is C36H39N3O. The number of carbonyl (C=O) groups excluding carboxylic acids is 1. The van der Waals surface area contributed by atoms with Crippen molar-refractivity contribution in [3.05, 3.63) is 137 Å². The number of anilines is 1. The molecule has 1 amide bonds. The fraction of sp³-hybridized carbons (Fsp3) is 0.306. The molecule has 6 rings (SSSR count). The van der Waals surface area contributed by atoms with Crippen LogP contribution in [0.4, 0.5) is 5.69 Å². The van der Waals surface area contributed by atoms with E-state index in [0.717, 1.165) is 57.7 Å². The Labute approximate surface area is 238 Å². The summed E-state index contributed by atoms with van der Waals surface area (Å²) < 4.78 is 0. The van der Waals surface area contributed by atoms with E-state index in [-0.39, 0.29) is 5.91 Å². The van der Waals surface area contributed by atoms with Crippen molar-refractivity contribution < 1.29 is 4.79 Å². The molecule has 1 fully saturated rings. The van der Waals surface area contributed by atoms with E-state index in [1.54, 1.807) is 0 Å². The fourth-order valence-corrected chi connectivity index (χ4v) is 6.33. The number of aryl methyl sites for hydroxylation is 1. The first kappa shape index (κ1) is 26.3. The monoisotopic (exact) mass is 529 g/mol. The molecule has 0 saturated carbocycles. The molecule has 2 aliphatic heterocycles. The van der Waals surface area contributed by atoms with Gasteiger partial charge in [0.15, 0.2) is 0 Å². The molecule has 0 bridgehead atoms. The van der Waals surface area contributed by atoms with Crippen LogP contribution < -0.4 is 4.90 Å². The zero-order valence-corrected chi connectivity index (χ0v) is 23.5. The van der Waals surface area contributed by atoms with E-state index in [0.29, 0.717) is 12.5 Å². The number of piperazine rings is 1. The molecule has 4 aromatic rings. The Bertz CT molecular complexity index is 1390. The SMILES string of the molecule is Cc1cccc(CN2CCc3ccc(N4CCN(CCC(c5ccccc5)c5ccccc5)CC4)cc3C2=O)c1. The smallest absolute Gasteiger partial charge is 0.254 e. The molecule has 0 aliphatic carbocycles. The molecule has 40 heavy (non-hydrogen) atoms. The summed E-state index contributed by atoms with van der Waals surface area (Å²) in [6.45, 7) is 8.71. The number of hydrogen-bond donors (Lipinski definition) is 0. The molecule has 0 spiro atoms. The third-order valence-corrected chi connectivity index (χ3v) is 8.59. The Morgan fingerprint density at radius 2 is 1.43 bits per heavy atom. The zero-order chi connectivity index (χ0) is 27.3. The third kappa shape index (κ3) is 5.97. The molecular weight excluding hydrogens is 490 g/mol. The largest absolute Gasteiger partial charge is 0.369 e. The lowest BCUT2D eigenvalue weighted by Crippen LogP contribution is -2.47. The van der Waals surface area contributed by atoms with E-state index in [9.17, 15) is 4.79 Å². The Morgan fingerprint density at radius 3 is 2.10 bits per heavy atom. The van der Waals surface area contributed by atoms with Crippen molar-refractivity contribution >= 4 is 11.6 Å². The van der Waals surface area contributed by atoms with Gasteiger partial charge in [-0.1, -0.05) is 96.6 Å². The van der Waals surface area contributed by atoms with E-state index in [1.165, 1.54) is 33.5 Å². The molecule has 4 heteroatoms. The predicted octanol–water partition coefficient (Wildman–Crippen LogP) is 6.54. The van der Waals surface area contributed by atoms with Gasteiger partial charge in [-0.05, 0) is 60.7 Å². The number of rotatable bonds is 8. The molecule has 0 N–H and O–H groups in total. The van der Waals surface area contributed by atoms with E-state index < -0.39 is 0 Å². The Balaban J connectivity index is 1.08. The van der Waals surface area contributed by atoms with Crippen LogP contribution in [0.5, 0.6) is 0 Å². The van der Waals surface area contributed by atoms with Crippen LogP contribution in [-0.2, 0) is 13.0 Å². The molecule has 2 aliphatic rings. The number of fused-ring (bicyclic) bond motifs is 1. The standard InChI is InChI=1S/C36H39N3O/c1-28-9-8-10-29(25-28)27-39-20-17-32-15-16-33(26-35(32)36(39)40)38-23-21-37(22-24-38)19-18-34(30-11-4-2-5-12-30)31-13-6-3-7-14-31/h2-16,25-26,34H,17-24,27H2,1H3. The minimum atomic E-state index is 0.163. The van der Waals surface area contributed by atoms with Crippen molar-refractivity contribution in [3.63, 3.8) is 0 Å². The van der Waals surface area contributed by atoms with Gasteiger partial charge in [0.1, 0.15) is 0 Å².